The van der Waals surface area contributed by atoms with Crippen LogP contribution in [0.3, 0.4) is 0 Å². The lowest BCUT2D eigenvalue weighted by Crippen LogP contribution is -2.11. The number of hydrogen-bond donors (Lipinski definition) is 0. The van der Waals surface area contributed by atoms with Crippen molar-refractivity contribution in [1.29, 1.82) is 0 Å². The van der Waals surface area contributed by atoms with Gasteiger partial charge in [0.15, 0.2) is 6.10 Å². The van der Waals surface area contributed by atoms with Crippen molar-refractivity contribution < 1.29 is 23.0 Å². The third-order valence-electron chi connectivity index (χ3n) is 5.36. The van der Waals surface area contributed by atoms with Gasteiger partial charge in [0.05, 0.1) is 16.6 Å². The molecule has 0 saturated heterocycles. The lowest BCUT2D eigenvalue weighted by Gasteiger charge is -2.10. The van der Waals surface area contributed by atoms with E-state index in [0.29, 0.717) is 39.4 Å². The van der Waals surface area contributed by atoms with Gasteiger partial charge in [-0.2, -0.15) is 4.98 Å². The minimum atomic E-state index is -0.809. The largest absolute Gasteiger partial charge is 0.449 e. The van der Waals surface area contributed by atoms with Crippen molar-refractivity contribution in [2.75, 3.05) is 0 Å². The average Bonchev–Trinajstić information content (AvgIpc) is 3.37. The number of hydrogen-bond acceptors (Lipinski definition) is 8. The van der Waals surface area contributed by atoms with Crippen molar-refractivity contribution in [3.05, 3.63) is 58.5 Å². The van der Waals surface area contributed by atoms with Gasteiger partial charge in [-0.1, -0.05) is 22.4 Å². The van der Waals surface area contributed by atoms with Crippen LogP contribution in [0.1, 0.15) is 65.0 Å². The third-order valence-corrected chi connectivity index (χ3v) is 5.36. The van der Waals surface area contributed by atoms with Gasteiger partial charge in [-0.25, -0.2) is 14.2 Å². The molecule has 5 rings (SSSR count). The number of rotatable bonds is 5. The van der Waals surface area contributed by atoms with E-state index in [4.69, 9.17) is 13.8 Å². The molecule has 1 saturated carbocycles. The molecule has 0 amide bonds. The van der Waals surface area contributed by atoms with Crippen molar-refractivity contribution in [3.8, 4) is 11.4 Å². The Morgan fingerprint density at radius 3 is 2.71 bits per heavy atom. The second-order valence-corrected chi connectivity index (χ2v) is 7.78. The Bertz CT molecular complexity index is 1310. The van der Waals surface area contributed by atoms with Gasteiger partial charge in [-0.3, -0.25) is 0 Å². The van der Waals surface area contributed by atoms with E-state index >= 15 is 0 Å². The average molecular weight is 422 g/mol. The molecule has 0 spiro atoms. The summed E-state index contributed by atoms with van der Waals surface area (Å²) in [6, 6.07) is 6.42. The minimum absolute atomic E-state index is 0.110. The van der Waals surface area contributed by atoms with Gasteiger partial charge in [0.2, 0.25) is 5.82 Å². The van der Waals surface area contributed by atoms with E-state index in [1.807, 2.05) is 0 Å². The zero-order chi connectivity index (χ0) is 21.7. The van der Waals surface area contributed by atoms with Crippen molar-refractivity contribution in [3.63, 3.8) is 0 Å². The maximum atomic E-state index is 13.8. The number of esters is 1. The molecule has 1 unspecified atom stereocenters. The number of carbonyl (C=O) groups is 1. The van der Waals surface area contributed by atoms with Gasteiger partial charge in [0.25, 0.3) is 11.6 Å². The molecule has 4 aromatic rings. The number of aromatic nitrogens is 4. The molecule has 9 heteroatoms. The highest BCUT2D eigenvalue weighted by Gasteiger charge is 2.30. The zero-order valence-electron chi connectivity index (χ0n) is 17.2. The highest BCUT2D eigenvalue weighted by molar-refractivity contribution is 6.03. The van der Waals surface area contributed by atoms with Crippen LogP contribution in [0.25, 0.3) is 22.5 Å². The highest BCUT2D eigenvalue weighted by atomic mass is 19.1. The van der Waals surface area contributed by atoms with Crippen molar-refractivity contribution >= 4 is 17.1 Å². The summed E-state index contributed by atoms with van der Waals surface area (Å²) in [7, 11) is 0. The number of carbonyl (C=O) groups excluding carboxylic acids is 1. The smallest absolute Gasteiger partial charge is 0.339 e. The fraction of sp³-hybridized carbons (Fsp3) is 0.318. The van der Waals surface area contributed by atoms with E-state index in [1.165, 1.54) is 6.07 Å². The van der Waals surface area contributed by atoms with E-state index < -0.39 is 12.1 Å². The summed E-state index contributed by atoms with van der Waals surface area (Å²) in [5.41, 5.74) is 3.02. The monoisotopic (exact) mass is 422 g/mol. The Hall–Kier alpha value is -3.62. The normalized spacial score (nSPS) is 14.7. The Morgan fingerprint density at radius 1 is 1.16 bits per heavy atom. The second kappa shape index (κ2) is 7.26. The first-order chi connectivity index (χ1) is 14.9. The molecule has 3 aromatic heterocycles. The summed E-state index contributed by atoms with van der Waals surface area (Å²) < 4.78 is 30.0. The Labute approximate surface area is 176 Å². The Morgan fingerprint density at radius 2 is 1.97 bits per heavy atom. The van der Waals surface area contributed by atoms with Crippen LogP contribution in [0, 0.1) is 19.7 Å². The summed E-state index contributed by atoms with van der Waals surface area (Å²) >= 11 is 0. The number of ether oxygens (including phenoxy) is 1. The minimum Gasteiger partial charge on any atom is -0.449 e. The summed E-state index contributed by atoms with van der Waals surface area (Å²) in [5, 5.41) is 8.34. The molecular formula is C22H19FN4O4. The van der Waals surface area contributed by atoms with Crippen LogP contribution in [-0.2, 0) is 4.74 Å². The van der Waals surface area contributed by atoms with Crippen LogP contribution in [0.15, 0.2) is 33.3 Å². The van der Waals surface area contributed by atoms with Gasteiger partial charge < -0.3 is 13.8 Å². The predicted molar refractivity (Wildman–Crippen MR) is 107 cm³/mol. The van der Waals surface area contributed by atoms with Gasteiger partial charge in [-0.05, 0) is 51.3 Å². The molecule has 3 heterocycles. The van der Waals surface area contributed by atoms with Gasteiger partial charge in [0, 0.05) is 17.2 Å². The Kier molecular flexibility index (Phi) is 4.53. The van der Waals surface area contributed by atoms with Crippen LogP contribution in [0.5, 0.6) is 0 Å². The van der Waals surface area contributed by atoms with Crippen LogP contribution < -0.4 is 0 Å². The summed E-state index contributed by atoms with van der Waals surface area (Å²) in [4.78, 5) is 21.7. The first-order valence-corrected chi connectivity index (χ1v) is 9.98. The molecule has 1 aliphatic rings. The standard InChI is InChI=1S/C22H19FN4O4/c1-10-4-5-14(8-16(10)23)19-25-20(30-27-19)12(3)29-22(28)15-9-17(13-6-7-13)24-21-18(15)11(2)26-31-21/h4-5,8-9,12-13H,6-7H2,1-3H3. The van der Waals surface area contributed by atoms with Crippen molar-refractivity contribution in [2.24, 2.45) is 0 Å². The van der Waals surface area contributed by atoms with E-state index in [1.54, 1.807) is 39.0 Å². The van der Waals surface area contributed by atoms with Crippen molar-refractivity contribution in [2.45, 2.75) is 45.6 Å². The molecule has 1 aromatic carbocycles. The highest BCUT2D eigenvalue weighted by Crippen LogP contribution is 2.40. The number of fused-ring (bicyclic) bond motifs is 1. The van der Waals surface area contributed by atoms with Gasteiger partial charge in [-0.15, -0.1) is 0 Å². The number of aryl methyl sites for hydroxylation is 2. The second-order valence-electron chi connectivity index (χ2n) is 7.78. The number of benzene rings is 1. The molecule has 0 radical (unpaired) electrons. The molecule has 0 N–H and O–H groups in total. The van der Waals surface area contributed by atoms with Gasteiger partial charge in [0.1, 0.15) is 5.82 Å². The fourth-order valence-electron chi connectivity index (χ4n) is 3.39. The lowest BCUT2D eigenvalue weighted by molar-refractivity contribution is 0.0267. The molecule has 1 fully saturated rings. The van der Waals surface area contributed by atoms with E-state index in [-0.39, 0.29) is 17.5 Å². The summed E-state index contributed by atoms with van der Waals surface area (Å²) in [5.74, 6) is -0.268. The molecule has 158 valence electrons. The molecule has 1 aliphatic carbocycles. The Balaban J connectivity index is 1.40. The van der Waals surface area contributed by atoms with Crippen LogP contribution >= 0.6 is 0 Å². The van der Waals surface area contributed by atoms with Crippen molar-refractivity contribution in [1.82, 2.24) is 20.3 Å². The fourth-order valence-corrected chi connectivity index (χ4v) is 3.39. The summed E-state index contributed by atoms with van der Waals surface area (Å²) in [6.07, 6.45) is 1.25. The molecule has 31 heavy (non-hydrogen) atoms. The van der Waals surface area contributed by atoms with E-state index in [2.05, 4.69) is 20.3 Å². The lowest BCUT2D eigenvalue weighted by atomic mass is 10.1. The number of nitrogens with zero attached hydrogens (tertiary/aromatic N) is 4. The molecule has 8 nitrogen and oxygen atoms in total. The quantitative estimate of drug-likeness (QED) is 0.422. The maximum absolute atomic E-state index is 13.8. The first kappa shape index (κ1) is 19.3. The van der Waals surface area contributed by atoms with Crippen LogP contribution in [0.2, 0.25) is 0 Å². The third kappa shape index (κ3) is 3.56. The van der Waals surface area contributed by atoms with E-state index in [9.17, 15) is 9.18 Å². The SMILES string of the molecule is Cc1ccc(-c2noc(C(C)OC(=O)c3cc(C4CC4)nc4onc(C)c34)n2)cc1F. The summed E-state index contributed by atoms with van der Waals surface area (Å²) in [6.45, 7) is 5.05. The molecular weight excluding hydrogens is 403 g/mol. The van der Waals surface area contributed by atoms with Crippen LogP contribution in [0.4, 0.5) is 4.39 Å². The zero-order valence-corrected chi connectivity index (χ0v) is 17.2. The maximum Gasteiger partial charge on any atom is 0.339 e. The van der Waals surface area contributed by atoms with E-state index in [0.717, 1.165) is 18.5 Å². The molecule has 0 bridgehead atoms. The van der Waals surface area contributed by atoms with Gasteiger partial charge >= 0.3 is 5.97 Å². The molecule has 0 aliphatic heterocycles. The van der Waals surface area contributed by atoms with Crippen LogP contribution in [-0.4, -0.2) is 26.3 Å². The number of halogens is 1. The predicted octanol–water partition coefficient (Wildman–Crippen LogP) is 4.82. The first-order valence-electron chi connectivity index (χ1n) is 9.98. The number of pyridine rings is 1. The molecule has 1 atom stereocenters. The topological polar surface area (TPSA) is 104 Å².